The molecule has 0 saturated heterocycles. The molecule has 0 spiro atoms. The molecular weight excluding hydrogens is 261 g/mol. The minimum absolute atomic E-state index is 0.304. The molecule has 2 aromatic heterocycles. The number of nitrogens with zero attached hydrogens (tertiary/aromatic N) is 3. The van der Waals surface area contributed by atoms with Gasteiger partial charge in [0.15, 0.2) is 11.5 Å². The highest BCUT2D eigenvalue weighted by Crippen LogP contribution is 2.27. The lowest BCUT2D eigenvalue weighted by molar-refractivity contribution is 0.395. The maximum absolute atomic E-state index is 12.9. The number of benzene rings is 1. The van der Waals surface area contributed by atoms with E-state index in [1.54, 1.807) is 24.3 Å². The fourth-order valence-electron chi connectivity index (χ4n) is 1.75. The molecule has 0 fully saturated rings. The first-order valence-electron chi connectivity index (χ1n) is 5.86. The molecule has 6 heteroatoms. The van der Waals surface area contributed by atoms with Gasteiger partial charge in [0.25, 0.3) is 0 Å². The van der Waals surface area contributed by atoms with Crippen molar-refractivity contribution in [1.82, 2.24) is 15.2 Å². The fraction of sp³-hybridized carbons (Fsp3) is 0.0714. The van der Waals surface area contributed by atoms with E-state index in [9.17, 15) is 4.39 Å². The van der Waals surface area contributed by atoms with E-state index in [0.29, 0.717) is 28.7 Å². The Bertz CT molecular complexity index is 712. The molecule has 0 atom stereocenters. The summed E-state index contributed by atoms with van der Waals surface area (Å²) in [5.74, 6) is 0.818. The SMILES string of the molecule is COc1nc(-c2ccco2)nnc1-c1ccc(F)cc1. The summed E-state index contributed by atoms with van der Waals surface area (Å²) in [6.07, 6.45) is 1.53. The maximum atomic E-state index is 12.9. The molecule has 20 heavy (non-hydrogen) atoms. The van der Waals surface area contributed by atoms with Crippen LogP contribution in [-0.2, 0) is 0 Å². The lowest BCUT2D eigenvalue weighted by atomic mass is 10.1. The average Bonchev–Trinajstić information content (AvgIpc) is 3.02. The molecule has 3 rings (SSSR count). The molecule has 0 bridgehead atoms. The molecule has 1 aromatic carbocycles. The van der Waals surface area contributed by atoms with Gasteiger partial charge in [-0.15, -0.1) is 10.2 Å². The van der Waals surface area contributed by atoms with E-state index in [2.05, 4.69) is 15.2 Å². The lowest BCUT2D eigenvalue weighted by Gasteiger charge is -2.06. The van der Waals surface area contributed by atoms with E-state index in [-0.39, 0.29) is 5.82 Å². The molecule has 3 aromatic rings. The molecule has 2 heterocycles. The summed E-state index contributed by atoms with van der Waals surface area (Å²) in [6.45, 7) is 0. The van der Waals surface area contributed by atoms with Crippen molar-refractivity contribution in [3.63, 3.8) is 0 Å². The second-order valence-electron chi connectivity index (χ2n) is 3.98. The standard InChI is InChI=1S/C14H10FN3O2/c1-19-14-12(9-4-6-10(15)7-5-9)17-18-13(16-14)11-3-2-8-20-11/h2-8H,1H3. The normalized spacial score (nSPS) is 10.5. The van der Waals surface area contributed by atoms with Crippen LogP contribution in [0.4, 0.5) is 4.39 Å². The number of aromatic nitrogens is 3. The fourth-order valence-corrected chi connectivity index (χ4v) is 1.75. The van der Waals surface area contributed by atoms with Gasteiger partial charge in [0.2, 0.25) is 11.7 Å². The topological polar surface area (TPSA) is 61.0 Å². The summed E-state index contributed by atoms with van der Waals surface area (Å²) in [6, 6.07) is 9.34. The summed E-state index contributed by atoms with van der Waals surface area (Å²) in [5, 5.41) is 8.09. The van der Waals surface area contributed by atoms with Gasteiger partial charge >= 0.3 is 0 Å². The van der Waals surface area contributed by atoms with Crippen molar-refractivity contribution in [2.45, 2.75) is 0 Å². The summed E-state index contributed by atoms with van der Waals surface area (Å²) >= 11 is 0. The van der Waals surface area contributed by atoms with Crippen molar-refractivity contribution in [3.05, 3.63) is 48.5 Å². The molecule has 0 unspecified atom stereocenters. The van der Waals surface area contributed by atoms with Crippen LogP contribution in [0.5, 0.6) is 5.88 Å². The molecule has 0 radical (unpaired) electrons. The Balaban J connectivity index is 2.06. The Kier molecular flexibility index (Phi) is 3.12. The zero-order valence-corrected chi connectivity index (χ0v) is 10.6. The Morgan fingerprint density at radius 3 is 2.55 bits per heavy atom. The van der Waals surface area contributed by atoms with Crippen LogP contribution in [-0.4, -0.2) is 22.3 Å². The van der Waals surface area contributed by atoms with Gasteiger partial charge in [-0.2, -0.15) is 4.98 Å². The predicted molar refractivity (Wildman–Crippen MR) is 69.5 cm³/mol. The van der Waals surface area contributed by atoms with E-state index >= 15 is 0 Å². The second kappa shape index (κ2) is 5.08. The van der Waals surface area contributed by atoms with Crippen LogP contribution < -0.4 is 4.74 Å². The second-order valence-corrected chi connectivity index (χ2v) is 3.98. The summed E-state index contributed by atoms with van der Waals surface area (Å²) in [5.41, 5.74) is 1.12. The quantitative estimate of drug-likeness (QED) is 0.733. The molecule has 100 valence electrons. The lowest BCUT2D eigenvalue weighted by Crippen LogP contribution is -2.00. The zero-order chi connectivity index (χ0) is 13.9. The number of rotatable bonds is 3. The summed E-state index contributed by atoms with van der Waals surface area (Å²) in [7, 11) is 1.49. The van der Waals surface area contributed by atoms with E-state index in [4.69, 9.17) is 9.15 Å². The van der Waals surface area contributed by atoms with Gasteiger partial charge in [0.1, 0.15) is 5.82 Å². The molecule has 0 saturated carbocycles. The van der Waals surface area contributed by atoms with Crippen LogP contribution in [0.2, 0.25) is 0 Å². The molecule has 0 amide bonds. The molecule has 0 aliphatic carbocycles. The van der Waals surface area contributed by atoms with Crippen LogP contribution in [0.1, 0.15) is 0 Å². The minimum Gasteiger partial charge on any atom is -0.479 e. The van der Waals surface area contributed by atoms with Crippen LogP contribution in [0.15, 0.2) is 47.1 Å². The third-order valence-electron chi connectivity index (χ3n) is 2.71. The Hall–Kier alpha value is -2.76. The molecule has 0 N–H and O–H groups in total. The molecule has 5 nitrogen and oxygen atoms in total. The first-order chi connectivity index (χ1) is 9.78. The number of methoxy groups -OCH3 is 1. The van der Waals surface area contributed by atoms with Crippen molar-refractivity contribution < 1.29 is 13.5 Å². The molecule has 0 aliphatic rings. The van der Waals surface area contributed by atoms with Crippen LogP contribution in [0, 0.1) is 5.82 Å². The van der Waals surface area contributed by atoms with E-state index in [1.807, 2.05) is 0 Å². The first kappa shape index (κ1) is 12.3. The monoisotopic (exact) mass is 271 g/mol. The summed E-state index contributed by atoms with van der Waals surface area (Å²) < 4.78 is 23.4. The number of furan rings is 1. The number of hydrogen-bond acceptors (Lipinski definition) is 5. The van der Waals surface area contributed by atoms with Crippen LogP contribution in [0.25, 0.3) is 22.8 Å². The van der Waals surface area contributed by atoms with Gasteiger partial charge in [-0.1, -0.05) is 0 Å². The Morgan fingerprint density at radius 2 is 1.90 bits per heavy atom. The van der Waals surface area contributed by atoms with Gasteiger partial charge in [0.05, 0.1) is 13.4 Å². The van der Waals surface area contributed by atoms with Crippen LogP contribution in [0.3, 0.4) is 0 Å². The van der Waals surface area contributed by atoms with Crippen molar-refractivity contribution in [2.75, 3.05) is 7.11 Å². The highest BCUT2D eigenvalue weighted by Gasteiger charge is 2.14. The average molecular weight is 271 g/mol. The smallest absolute Gasteiger partial charge is 0.244 e. The molecule has 0 aliphatic heterocycles. The van der Waals surface area contributed by atoms with Gasteiger partial charge in [-0.25, -0.2) is 4.39 Å². The number of ether oxygens (including phenoxy) is 1. The van der Waals surface area contributed by atoms with Crippen LogP contribution >= 0.6 is 0 Å². The maximum Gasteiger partial charge on any atom is 0.244 e. The van der Waals surface area contributed by atoms with Crippen molar-refractivity contribution in [2.24, 2.45) is 0 Å². The predicted octanol–water partition coefficient (Wildman–Crippen LogP) is 2.95. The van der Waals surface area contributed by atoms with Gasteiger partial charge < -0.3 is 9.15 Å². The van der Waals surface area contributed by atoms with E-state index in [0.717, 1.165) is 0 Å². The molecular formula is C14H10FN3O2. The highest BCUT2D eigenvalue weighted by atomic mass is 19.1. The summed E-state index contributed by atoms with van der Waals surface area (Å²) in [4.78, 5) is 4.25. The van der Waals surface area contributed by atoms with Crippen molar-refractivity contribution in [3.8, 4) is 28.7 Å². The Morgan fingerprint density at radius 1 is 1.10 bits per heavy atom. The Labute approximate surface area is 114 Å². The third-order valence-corrected chi connectivity index (χ3v) is 2.71. The van der Waals surface area contributed by atoms with Crippen molar-refractivity contribution >= 4 is 0 Å². The number of hydrogen-bond donors (Lipinski definition) is 0. The van der Waals surface area contributed by atoms with Gasteiger partial charge in [-0.3, -0.25) is 0 Å². The van der Waals surface area contributed by atoms with E-state index < -0.39 is 0 Å². The van der Waals surface area contributed by atoms with E-state index in [1.165, 1.54) is 25.5 Å². The van der Waals surface area contributed by atoms with Gasteiger partial charge in [0, 0.05) is 5.56 Å². The third kappa shape index (κ3) is 2.23. The minimum atomic E-state index is -0.319. The highest BCUT2D eigenvalue weighted by molar-refractivity contribution is 5.64. The zero-order valence-electron chi connectivity index (χ0n) is 10.6. The number of halogens is 1. The van der Waals surface area contributed by atoms with Gasteiger partial charge in [-0.05, 0) is 36.4 Å². The van der Waals surface area contributed by atoms with Crippen molar-refractivity contribution in [1.29, 1.82) is 0 Å². The largest absolute Gasteiger partial charge is 0.479 e. The first-order valence-corrected chi connectivity index (χ1v) is 5.86.